The normalized spacial score (nSPS) is 10.2. The Balaban J connectivity index is 0.000000150. The predicted octanol–water partition coefficient (Wildman–Crippen LogP) is 8.39. The van der Waals surface area contributed by atoms with Crippen LogP contribution in [0.5, 0.6) is 17.2 Å². The summed E-state index contributed by atoms with van der Waals surface area (Å²) in [6, 6.07) is 31.9. The quantitative estimate of drug-likeness (QED) is 0.0584. The van der Waals surface area contributed by atoms with Gasteiger partial charge in [-0.25, -0.2) is 39.9 Å². The van der Waals surface area contributed by atoms with E-state index in [1.54, 1.807) is 75.0 Å². The molecule has 23 heteroatoms. The number of phenols is 1. The third-order valence-corrected chi connectivity index (χ3v) is 11.6. The number of benzene rings is 5. The molecule has 0 aliphatic carbocycles. The minimum atomic E-state index is -0.167. The number of phenolic OH excluding ortho intramolecular Hbond substituents is 1. The minimum absolute atomic E-state index is 0.111. The number of aromatic nitrogens is 12. The lowest BCUT2D eigenvalue weighted by Crippen LogP contribution is -2.10. The highest BCUT2D eigenvalue weighted by Crippen LogP contribution is 2.31. The molecule has 0 fully saturated rings. The molecule has 0 aliphatic heterocycles. The molecule has 0 aliphatic rings. The van der Waals surface area contributed by atoms with Gasteiger partial charge in [-0.05, 0) is 136 Å². The van der Waals surface area contributed by atoms with Crippen LogP contribution >= 0.6 is 45.2 Å². The maximum Gasteiger partial charge on any atom is 0.569 e. The van der Waals surface area contributed by atoms with Crippen molar-refractivity contribution in [3.63, 3.8) is 0 Å². The van der Waals surface area contributed by atoms with Crippen LogP contribution in [0.3, 0.4) is 0 Å². The van der Waals surface area contributed by atoms with Gasteiger partial charge in [-0.1, -0.05) is 24.3 Å². The van der Waals surface area contributed by atoms with Gasteiger partial charge in [0, 0.05) is 75.3 Å². The predicted molar refractivity (Wildman–Crippen MR) is 308 cm³/mol. The van der Waals surface area contributed by atoms with Gasteiger partial charge in [0.15, 0.2) is 17.5 Å². The van der Waals surface area contributed by atoms with Gasteiger partial charge in [0.25, 0.3) is 5.56 Å². The van der Waals surface area contributed by atoms with Crippen LogP contribution in [0.15, 0.2) is 164 Å². The van der Waals surface area contributed by atoms with Crippen molar-refractivity contribution in [3.05, 3.63) is 176 Å². The second-order valence-corrected chi connectivity index (χ2v) is 17.5. The van der Waals surface area contributed by atoms with E-state index in [9.17, 15) is 4.79 Å². The van der Waals surface area contributed by atoms with Crippen molar-refractivity contribution in [2.45, 2.75) is 0 Å². The standard InChI is InChI=1S/C20H17N5O.C13H10IN5.C12H7IN4O.C6H6BO3.CH5N/c1-21-19-16-11-14(13-4-3-5-15(10-13)26-2)6-7-17(16)24-20(25-19)18-12-22-8-9-23-18;1-15-12-9-6-8(14)2-3-10(9)18-13(19-12)11-7-16-4-5-17-11;13-7-1-2-9-8(5-7)12(18)17-11(16-9)10-6-14-3-4-15-10;8-5-2-1-3-6(4-5)10-7-9;1-2/h3-12H,1-2H3,(H,21,24,25);2-7H,1H3,(H,15,18,19);1-6H,(H,16,17,18);1-4,8-9H;2H2,1H3. The van der Waals surface area contributed by atoms with Crippen molar-refractivity contribution in [2.75, 3.05) is 38.9 Å². The smallest absolute Gasteiger partial charge is 0.537 e. The molecule has 7 N–H and O–H groups in total. The average molecular weight is 1220 g/mol. The second-order valence-electron chi connectivity index (χ2n) is 15.0. The number of methoxy groups -OCH3 is 1. The van der Waals surface area contributed by atoms with Crippen molar-refractivity contribution in [1.29, 1.82) is 0 Å². The topological polar surface area (TPSA) is 284 Å². The van der Waals surface area contributed by atoms with Crippen molar-refractivity contribution in [1.82, 2.24) is 59.8 Å². The number of hydrogen-bond acceptors (Lipinski definition) is 19. The average Bonchev–Trinajstić information content (AvgIpc) is 3.46. The number of hydrogen-bond donors (Lipinski definition) is 6. The number of aromatic hydroxyl groups is 1. The summed E-state index contributed by atoms with van der Waals surface area (Å²) in [7, 11) is 7.43. The first-order valence-corrected chi connectivity index (χ1v) is 24.6. The molecule has 5 aromatic carbocycles. The zero-order chi connectivity index (χ0) is 53.1. The maximum atomic E-state index is 12.0. The molecule has 6 aromatic heterocycles. The van der Waals surface area contributed by atoms with Gasteiger partial charge in [-0.15, -0.1) is 0 Å². The Morgan fingerprint density at radius 1 is 0.573 bits per heavy atom. The van der Waals surface area contributed by atoms with E-state index >= 15 is 0 Å². The zero-order valence-corrected chi connectivity index (χ0v) is 44.8. The van der Waals surface area contributed by atoms with Crippen LogP contribution in [0, 0.1) is 7.14 Å². The molecule has 0 bridgehead atoms. The number of fused-ring (bicyclic) bond motifs is 3. The van der Waals surface area contributed by atoms with E-state index in [1.165, 1.54) is 19.2 Å². The van der Waals surface area contributed by atoms with Gasteiger partial charge in [0.2, 0.25) is 0 Å². The fourth-order valence-corrected chi connectivity index (χ4v) is 7.90. The lowest BCUT2D eigenvalue weighted by atomic mass is 10.0. The third-order valence-electron chi connectivity index (χ3n) is 10.3. The molecule has 0 spiro atoms. The summed E-state index contributed by atoms with van der Waals surface area (Å²) in [5.41, 5.74) is 10.7. The first-order valence-electron chi connectivity index (χ1n) is 22.4. The molecule has 0 amide bonds. The number of halogens is 2. The largest absolute Gasteiger partial charge is 0.569 e. The summed E-state index contributed by atoms with van der Waals surface area (Å²) in [5.74, 6) is 4.44. The monoisotopic (exact) mass is 1220 g/mol. The van der Waals surface area contributed by atoms with Gasteiger partial charge < -0.3 is 40.9 Å². The molecule has 0 saturated carbocycles. The summed E-state index contributed by atoms with van der Waals surface area (Å²) in [5, 5.41) is 25.8. The summed E-state index contributed by atoms with van der Waals surface area (Å²) in [6.07, 6.45) is 14.5. The van der Waals surface area contributed by atoms with Gasteiger partial charge in [0.05, 0.1) is 47.6 Å². The zero-order valence-electron chi connectivity index (χ0n) is 40.5. The van der Waals surface area contributed by atoms with Crippen molar-refractivity contribution in [3.8, 4) is 62.9 Å². The first kappa shape index (κ1) is 54.4. The lowest BCUT2D eigenvalue weighted by molar-refractivity contribution is 0.415. The Kier molecular flexibility index (Phi) is 19.6. The summed E-state index contributed by atoms with van der Waals surface area (Å²) in [6.45, 7) is 0. The molecule has 11 aromatic rings. The molecular weight excluding hydrogens is 1180 g/mol. The van der Waals surface area contributed by atoms with E-state index < -0.39 is 0 Å². The van der Waals surface area contributed by atoms with Crippen molar-refractivity contribution < 1.29 is 19.5 Å². The van der Waals surface area contributed by atoms with E-state index in [0.717, 1.165) is 57.5 Å². The molecule has 11 rings (SSSR count). The Morgan fingerprint density at radius 2 is 1.08 bits per heavy atom. The first-order chi connectivity index (χ1) is 36.6. The van der Waals surface area contributed by atoms with Crippen molar-refractivity contribution >= 4 is 97.2 Å². The van der Waals surface area contributed by atoms with E-state index in [0.29, 0.717) is 58.9 Å². The highest BCUT2D eigenvalue weighted by Gasteiger charge is 2.13. The van der Waals surface area contributed by atoms with E-state index in [-0.39, 0.29) is 11.3 Å². The highest BCUT2D eigenvalue weighted by molar-refractivity contribution is 14.1. The maximum absolute atomic E-state index is 12.0. The molecule has 0 saturated heterocycles. The number of anilines is 2. The fraction of sp³-hybridized carbons (Fsp3) is 0.0769. The summed E-state index contributed by atoms with van der Waals surface area (Å²) in [4.78, 5) is 62.1. The second kappa shape index (κ2) is 27.1. The summed E-state index contributed by atoms with van der Waals surface area (Å²) >= 11 is 4.44. The van der Waals surface area contributed by atoms with Crippen LogP contribution in [0.2, 0.25) is 0 Å². The number of H-pyrrole nitrogens is 1. The number of aromatic amines is 1. The van der Waals surface area contributed by atoms with Crippen LogP contribution in [0.25, 0.3) is 78.4 Å². The highest BCUT2D eigenvalue weighted by atomic mass is 127. The summed E-state index contributed by atoms with van der Waals surface area (Å²) < 4.78 is 12.0. The third kappa shape index (κ3) is 14.4. The van der Waals surface area contributed by atoms with Gasteiger partial charge in [0.1, 0.15) is 46.0 Å². The molecule has 0 unspecified atom stereocenters. The van der Waals surface area contributed by atoms with E-state index in [1.807, 2.05) is 74.8 Å². The van der Waals surface area contributed by atoms with Crippen LogP contribution in [0.1, 0.15) is 0 Å². The molecule has 20 nitrogen and oxygen atoms in total. The Hall–Kier alpha value is -8.40. The SMILES string of the molecule is CN.CNc1nc(-c2cnccn2)nc2ccc(-c3cccc(OC)c3)cc12.CNc1nc(-c2cnccn2)nc2ccc(I)cc12.O=c1[nH]c(-c2cnccn2)nc2ccc(I)cc12.O[B]Oc1cccc(O)c1. The van der Waals surface area contributed by atoms with Crippen LogP contribution < -0.4 is 31.3 Å². The van der Waals surface area contributed by atoms with E-state index in [4.69, 9.17) is 14.9 Å². The van der Waals surface area contributed by atoms with Gasteiger partial charge in [-0.2, -0.15) is 0 Å². The van der Waals surface area contributed by atoms with Crippen LogP contribution in [-0.2, 0) is 0 Å². The molecular formula is C52H45BI2N15O5. The van der Waals surface area contributed by atoms with Crippen LogP contribution in [-0.4, -0.2) is 106 Å². The Bertz CT molecular complexity index is 3710. The molecule has 6 heterocycles. The minimum Gasteiger partial charge on any atom is -0.537 e. The van der Waals surface area contributed by atoms with Gasteiger partial charge in [-0.3, -0.25) is 19.7 Å². The number of rotatable bonds is 9. The molecule has 1 radical (unpaired) electrons. The number of ether oxygens (including phenoxy) is 1. The number of nitrogens with two attached hydrogens (primary N) is 1. The fourth-order valence-electron chi connectivity index (χ4n) is 6.92. The molecule has 0 atom stereocenters. The Morgan fingerprint density at radius 3 is 1.61 bits per heavy atom. The molecule has 375 valence electrons. The van der Waals surface area contributed by atoms with Gasteiger partial charge >= 0.3 is 7.69 Å². The van der Waals surface area contributed by atoms with Crippen molar-refractivity contribution in [2.24, 2.45) is 5.73 Å². The Labute approximate surface area is 457 Å². The van der Waals surface area contributed by atoms with E-state index in [2.05, 4.69) is 144 Å². The number of nitrogens with zero attached hydrogens (tertiary/aromatic N) is 11. The number of nitrogens with one attached hydrogen (secondary N) is 3. The molecule has 75 heavy (non-hydrogen) atoms. The van der Waals surface area contributed by atoms with Crippen LogP contribution in [0.4, 0.5) is 11.6 Å². The lowest BCUT2D eigenvalue weighted by Gasteiger charge is -2.10.